The number of carbonyl (C=O) groups excluding carboxylic acids is 1. The number of rotatable bonds is 6. The van der Waals surface area contributed by atoms with Gasteiger partial charge in [-0.25, -0.2) is 4.98 Å². The summed E-state index contributed by atoms with van der Waals surface area (Å²) in [5.74, 6) is 1.02. The van der Waals surface area contributed by atoms with E-state index in [4.69, 9.17) is 0 Å². The van der Waals surface area contributed by atoms with Crippen LogP contribution in [-0.4, -0.2) is 31.4 Å². The monoisotopic (exact) mass is 345 g/mol. The van der Waals surface area contributed by atoms with Crippen molar-refractivity contribution in [3.63, 3.8) is 0 Å². The van der Waals surface area contributed by atoms with Gasteiger partial charge in [0.1, 0.15) is 17.4 Å². The lowest BCUT2D eigenvalue weighted by Crippen LogP contribution is -2.32. The number of aryl methyl sites for hydroxylation is 1. The molecule has 2 heterocycles. The molecule has 0 bridgehead atoms. The predicted molar refractivity (Wildman–Crippen MR) is 90.3 cm³/mol. The summed E-state index contributed by atoms with van der Waals surface area (Å²) >= 11 is 2.80. The summed E-state index contributed by atoms with van der Waals surface area (Å²) in [5.41, 5.74) is 2.65. The highest BCUT2D eigenvalue weighted by Gasteiger charge is 2.20. The van der Waals surface area contributed by atoms with Crippen molar-refractivity contribution in [3.8, 4) is 0 Å². The molecular weight excluding hydrogens is 330 g/mol. The summed E-state index contributed by atoms with van der Waals surface area (Å²) in [7, 11) is 1.92. The molecule has 0 spiro atoms. The number of thioether (sulfide) groups is 1. The number of imidazole rings is 1. The van der Waals surface area contributed by atoms with Crippen LogP contribution in [-0.2, 0) is 11.8 Å². The third kappa shape index (κ3) is 3.96. The highest BCUT2D eigenvalue weighted by atomic mass is 32.2. The quantitative estimate of drug-likeness (QED) is 0.694. The van der Waals surface area contributed by atoms with Crippen LogP contribution in [0.4, 0.5) is 0 Å². The fraction of sp³-hybridized carbons (Fsp3) is 0.200. The first-order valence-corrected chi connectivity index (χ1v) is 8.81. The van der Waals surface area contributed by atoms with E-state index in [2.05, 4.69) is 20.5 Å². The minimum Gasteiger partial charge on any atom is -0.341 e. The smallest absolute Gasteiger partial charge is 0.231 e. The zero-order chi connectivity index (χ0) is 16.1. The molecule has 0 aliphatic carbocycles. The second-order valence-electron chi connectivity index (χ2n) is 4.80. The first-order valence-electron chi connectivity index (χ1n) is 6.94. The molecule has 3 rings (SSSR count). The number of aromatic nitrogens is 4. The summed E-state index contributed by atoms with van der Waals surface area (Å²) < 4.78 is 2.70. The molecule has 1 atom stereocenters. The van der Waals surface area contributed by atoms with Crippen molar-refractivity contribution in [3.05, 3.63) is 59.6 Å². The van der Waals surface area contributed by atoms with E-state index < -0.39 is 0 Å². The van der Waals surface area contributed by atoms with Crippen molar-refractivity contribution in [2.24, 2.45) is 7.05 Å². The molecule has 1 aromatic carbocycles. The van der Waals surface area contributed by atoms with Gasteiger partial charge in [-0.15, -0.1) is 10.2 Å². The van der Waals surface area contributed by atoms with Crippen LogP contribution < -0.4 is 5.32 Å². The molecule has 0 saturated carbocycles. The summed E-state index contributed by atoms with van der Waals surface area (Å²) in [6, 6.07) is 9.54. The van der Waals surface area contributed by atoms with Crippen LogP contribution in [0.5, 0.6) is 0 Å². The molecule has 2 aromatic heterocycles. The highest BCUT2D eigenvalue weighted by Crippen LogP contribution is 2.22. The van der Waals surface area contributed by atoms with E-state index >= 15 is 0 Å². The largest absolute Gasteiger partial charge is 0.341 e. The van der Waals surface area contributed by atoms with Crippen molar-refractivity contribution < 1.29 is 4.79 Å². The second kappa shape index (κ2) is 7.38. The van der Waals surface area contributed by atoms with Crippen molar-refractivity contribution in [1.29, 1.82) is 0 Å². The maximum atomic E-state index is 12.3. The van der Waals surface area contributed by atoms with Crippen molar-refractivity contribution >= 4 is 29.0 Å². The third-order valence-electron chi connectivity index (χ3n) is 3.22. The molecule has 0 saturated heterocycles. The van der Waals surface area contributed by atoms with Gasteiger partial charge in [0.15, 0.2) is 4.34 Å². The number of benzene rings is 1. The van der Waals surface area contributed by atoms with E-state index in [0.717, 1.165) is 15.7 Å². The number of amides is 1. The van der Waals surface area contributed by atoms with Gasteiger partial charge in [-0.05, 0) is 5.56 Å². The van der Waals surface area contributed by atoms with Crippen LogP contribution in [0.25, 0.3) is 0 Å². The highest BCUT2D eigenvalue weighted by molar-refractivity contribution is 8.01. The Bertz CT molecular complexity index is 757. The first kappa shape index (κ1) is 15.7. The lowest BCUT2D eigenvalue weighted by atomic mass is 10.1. The molecule has 6 nitrogen and oxygen atoms in total. The number of nitrogens with zero attached hydrogens (tertiary/aromatic N) is 4. The Morgan fingerprint density at radius 2 is 2.22 bits per heavy atom. The molecule has 0 aliphatic rings. The summed E-state index contributed by atoms with van der Waals surface area (Å²) in [6.07, 6.45) is 3.60. The average Bonchev–Trinajstić information content (AvgIpc) is 3.23. The first-order chi connectivity index (χ1) is 11.2. The van der Waals surface area contributed by atoms with Gasteiger partial charge in [0, 0.05) is 19.4 Å². The van der Waals surface area contributed by atoms with E-state index in [9.17, 15) is 4.79 Å². The number of carbonyl (C=O) groups is 1. The molecule has 23 heavy (non-hydrogen) atoms. The summed E-state index contributed by atoms with van der Waals surface area (Å²) in [4.78, 5) is 16.7. The number of nitrogens with one attached hydrogen (secondary N) is 1. The Hall–Kier alpha value is -2.19. The molecule has 8 heteroatoms. The lowest BCUT2D eigenvalue weighted by molar-refractivity contribution is -0.119. The standard InChI is InChI=1S/C15H15N5OS2/c1-20-8-7-16-14(20)13(11-5-3-2-4-6-11)18-12(21)9-22-15-19-17-10-23-15/h2-8,10,13H,9H2,1H3,(H,18,21). The Morgan fingerprint density at radius 1 is 1.39 bits per heavy atom. The summed E-state index contributed by atoms with van der Waals surface area (Å²) in [6.45, 7) is 0. The van der Waals surface area contributed by atoms with Crippen LogP contribution >= 0.6 is 23.1 Å². The molecule has 0 fully saturated rings. The molecule has 3 aromatic rings. The zero-order valence-electron chi connectivity index (χ0n) is 12.4. The average molecular weight is 345 g/mol. The lowest BCUT2D eigenvalue weighted by Gasteiger charge is -2.19. The van der Waals surface area contributed by atoms with Crippen molar-refractivity contribution in [1.82, 2.24) is 25.1 Å². The molecule has 118 valence electrons. The fourth-order valence-corrected chi connectivity index (χ4v) is 3.45. The number of hydrogen-bond acceptors (Lipinski definition) is 6. The van der Waals surface area contributed by atoms with E-state index in [1.807, 2.05) is 48.1 Å². The summed E-state index contributed by atoms with van der Waals surface area (Å²) in [5, 5.41) is 10.7. The van der Waals surface area contributed by atoms with Crippen LogP contribution in [0.3, 0.4) is 0 Å². The van der Waals surface area contributed by atoms with Crippen molar-refractivity contribution in [2.75, 3.05) is 5.75 Å². The van der Waals surface area contributed by atoms with Gasteiger partial charge in [0.25, 0.3) is 0 Å². The van der Waals surface area contributed by atoms with E-state index in [1.54, 1.807) is 11.7 Å². The van der Waals surface area contributed by atoms with Gasteiger partial charge in [-0.1, -0.05) is 53.4 Å². The van der Waals surface area contributed by atoms with Crippen LogP contribution in [0.15, 0.2) is 52.6 Å². The molecule has 0 aliphatic heterocycles. The van der Waals surface area contributed by atoms with Gasteiger partial charge in [-0.2, -0.15) is 0 Å². The van der Waals surface area contributed by atoms with Gasteiger partial charge < -0.3 is 9.88 Å². The van der Waals surface area contributed by atoms with E-state index in [-0.39, 0.29) is 11.9 Å². The molecule has 0 radical (unpaired) electrons. The molecule has 1 amide bonds. The maximum absolute atomic E-state index is 12.3. The SMILES string of the molecule is Cn1ccnc1C(NC(=O)CSc1nncs1)c1ccccc1. The van der Waals surface area contributed by atoms with Gasteiger partial charge in [0.05, 0.1) is 5.75 Å². The van der Waals surface area contributed by atoms with E-state index in [0.29, 0.717) is 5.75 Å². The van der Waals surface area contributed by atoms with Crippen LogP contribution in [0, 0.1) is 0 Å². The van der Waals surface area contributed by atoms with Crippen LogP contribution in [0.2, 0.25) is 0 Å². The Morgan fingerprint density at radius 3 is 2.87 bits per heavy atom. The van der Waals surface area contributed by atoms with Gasteiger partial charge in [0.2, 0.25) is 5.91 Å². The second-order valence-corrected chi connectivity index (χ2v) is 6.86. The predicted octanol–water partition coefficient (Wildman–Crippen LogP) is 2.27. The molecule has 1 unspecified atom stereocenters. The fourth-order valence-electron chi connectivity index (χ4n) is 2.15. The van der Waals surface area contributed by atoms with Crippen molar-refractivity contribution in [2.45, 2.75) is 10.4 Å². The van der Waals surface area contributed by atoms with E-state index in [1.165, 1.54) is 23.1 Å². The van der Waals surface area contributed by atoms with Crippen LogP contribution in [0.1, 0.15) is 17.4 Å². The number of hydrogen-bond donors (Lipinski definition) is 1. The zero-order valence-corrected chi connectivity index (χ0v) is 14.0. The minimum atomic E-state index is -0.279. The van der Waals surface area contributed by atoms with Gasteiger partial charge >= 0.3 is 0 Å². The maximum Gasteiger partial charge on any atom is 0.231 e. The molecular formula is C15H15N5OS2. The normalized spacial score (nSPS) is 12.0. The Labute approximate surface area is 142 Å². The van der Waals surface area contributed by atoms with Gasteiger partial charge in [-0.3, -0.25) is 4.79 Å². The molecule has 1 N–H and O–H groups in total. The Kier molecular flexibility index (Phi) is 5.04. The minimum absolute atomic E-state index is 0.0675. The topological polar surface area (TPSA) is 72.7 Å². The third-order valence-corrected chi connectivity index (χ3v) is 5.08. The Balaban J connectivity index is 1.74.